The lowest BCUT2D eigenvalue weighted by Crippen LogP contribution is -2.37. The molecule has 4 nitrogen and oxygen atoms in total. The van der Waals surface area contributed by atoms with Gasteiger partial charge in [-0.2, -0.15) is 0 Å². The summed E-state index contributed by atoms with van der Waals surface area (Å²) in [7, 11) is 0. The zero-order valence-electron chi connectivity index (χ0n) is 11.8. The molecular formula is C15H22N2O2. The minimum Gasteiger partial charge on any atom is -0.493 e. The molecular weight excluding hydrogens is 240 g/mol. The van der Waals surface area contributed by atoms with E-state index < -0.39 is 0 Å². The highest BCUT2D eigenvalue weighted by Crippen LogP contribution is 2.26. The molecule has 0 aliphatic rings. The second-order valence-electron chi connectivity index (χ2n) is 4.49. The van der Waals surface area contributed by atoms with Crippen LogP contribution in [0.3, 0.4) is 0 Å². The summed E-state index contributed by atoms with van der Waals surface area (Å²) in [4.78, 5) is 14.3. The summed E-state index contributed by atoms with van der Waals surface area (Å²) < 4.78 is 5.49. The number of carbonyl (C=O) groups is 1. The third-order valence-corrected chi connectivity index (χ3v) is 2.78. The van der Waals surface area contributed by atoms with Gasteiger partial charge in [-0.1, -0.05) is 12.1 Å². The molecule has 104 valence electrons. The van der Waals surface area contributed by atoms with E-state index in [2.05, 4.69) is 6.58 Å². The molecule has 0 saturated carbocycles. The van der Waals surface area contributed by atoms with E-state index in [9.17, 15) is 4.79 Å². The lowest BCUT2D eigenvalue weighted by Gasteiger charge is -2.26. The maximum atomic E-state index is 12.6. The number of rotatable bonds is 6. The fraction of sp³-hybridized carbons (Fsp3) is 0.400. The third-order valence-electron chi connectivity index (χ3n) is 2.78. The molecule has 0 aromatic heterocycles. The Morgan fingerprint density at radius 1 is 1.53 bits per heavy atom. The SMILES string of the molecule is C=CCN(C(=O)c1c(N)cccc1OCC)C(C)C. The standard InChI is InChI=1S/C15H22N2O2/c1-5-10-17(11(3)4)15(18)14-12(16)8-7-9-13(14)19-6-2/h5,7-9,11H,1,6,10,16H2,2-4H3. The van der Waals surface area contributed by atoms with Gasteiger partial charge in [-0.15, -0.1) is 6.58 Å². The Morgan fingerprint density at radius 2 is 2.21 bits per heavy atom. The largest absolute Gasteiger partial charge is 0.493 e. The van der Waals surface area contributed by atoms with E-state index in [0.717, 1.165) is 0 Å². The fourth-order valence-electron chi connectivity index (χ4n) is 1.86. The Balaban J connectivity index is 3.19. The number of benzene rings is 1. The molecule has 1 aromatic rings. The van der Waals surface area contributed by atoms with Crippen molar-refractivity contribution < 1.29 is 9.53 Å². The summed E-state index contributed by atoms with van der Waals surface area (Å²) in [6.45, 7) is 10.5. The van der Waals surface area contributed by atoms with Crippen LogP contribution in [0.2, 0.25) is 0 Å². The van der Waals surface area contributed by atoms with Crippen LogP contribution in [0.15, 0.2) is 30.9 Å². The Bertz CT molecular complexity index is 455. The molecule has 4 heteroatoms. The van der Waals surface area contributed by atoms with E-state index in [0.29, 0.717) is 30.2 Å². The number of ether oxygens (including phenoxy) is 1. The van der Waals surface area contributed by atoms with Crippen molar-refractivity contribution in [1.29, 1.82) is 0 Å². The normalized spacial score (nSPS) is 10.3. The number of nitrogens with two attached hydrogens (primary N) is 1. The van der Waals surface area contributed by atoms with E-state index in [-0.39, 0.29) is 11.9 Å². The van der Waals surface area contributed by atoms with Crippen LogP contribution in [0.1, 0.15) is 31.1 Å². The van der Waals surface area contributed by atoms with Crippen molar-refractivity contribution in [3.8, 4) is 5.75 Å². The van der Waals surface area contributed by atoms with Gasteiger partial charge in [-0.05, 0) is 32.9 Å². The minimum atomic E-state index is -0.128. The average Bonchev–Trinajstić information content (AvgIpc) is 2.35. The highest BCUT2D eigenvalue weighted by molar-refractivity contribution is 6.02. The van der Waals surface area contributed by atoms with Crippen LogP contribution in [0.25, 0.3) is 0 Å². The van der Waals surface area contributed by atoms with E-state index >= 15 is 0 Å². The van der Waals surface area contributed by atoms with Crippen molar-refractivity contribution in [3.63, 3.8) is 0 Å². The first-order valence-electron chi connectivity index (χ1n) is 6.46. The van der Waals surface area contributed by atoms with Gasteiger partial charge in [0.15, 0.2) is 0 Å². The van der Waals surface area contributed by atoms with Crippen molar-refractivity contribution in [2.24, 2.45) is 0 Å². The molecule has 0 atom stereocenters. The molecule has 0 bridgehead atoms. The summed E-state index contributed by atoms with van der Waals surface area (Å²) in [5.74, 6) is 0.402. The molecule has 19 heavy (non-hydrogen) atoms. The van der Waals surface area contributed by atoms with Gasteiger partial charge >= 0.3 is 0 Å². The fourth-order valence-corrected chi connectivity index (χ4v) is 1.86. The van der Waals surface area contributed by atoms with E-state index in [4.69, 9.17) is 10.5 Å². The van der Waals surface area contributed by atoms with Crippen molar-refractivity contribution >= 4 is 11.6 Å². The summed E-state index contributed by atoms with van der Waals surface area (Å²) in [6.07, 6.45) is 1.71. The molecule has 0 fully saturated rings. The summed E-state index contributed by atoms with van der Waals surface area (Å²) >= 11 is 0. The number of nitrogen functional groups attached to an aromatic ring is 1. The lowest BCUT2D eigenvalue weighted by molar-refractivity contribution is 0.0726. The summed E-state index contributed by atoms with van der Waals surface area (Å²) in [6, 6.07) is 5.33. The van der Waals surface area contributed by atoms with Crippen LogP contribution in [0.5, 0.6) is 5.75 Å². The monoisotopic (exact) mass is 262 g/mol. The zero-order valence-corrected chi connectivity index (χ0v) is 11.8. The Kier molecular flexibility index (Phi) is 5.42. The van der Waals surface area contributed by atoms with Gasteiger partial charge in [0.25, 0.3) is 5.91 Å². The van der Waals surface area contributed by atoms with Crippen LogP contribution in [0, 0.1) is 0 Å². The van der Waals surface area contributed by atoms with Crippen molar-refractivity contribution in [1.82, 2.24) is 4.90 Å². The predicted molar refractivity (Wildman–Crippen MR) is 78.4 cm³/mol. The highest BCUT2D eigenvalue weighted by atomic mass is 16.5. The molecule has 1 rings (SSSR count). The first kappa shape index (κ1) is 15.1. The van der Waals surface area contributed by atoms with E-state index in [1.54, 1.807) is 29.2 Å². The van der Waals surface area contributed by atoms with E-state index in [1.807, 2.05) is 20.8 Å². The number of anilines is 1. The van der Waals surface area contributed by atoms with Gasteiger partial charge in [0, 0.05) is 18.3 Å². The minimum absolute atomic E-state index is 0.0691. The Labute approximate surface area is 114 Å². The quantitative estimate of drug-likeness (QED) is 0.633. The predicted octanol–water partition coefficient (Wildman–Crippen LogP) is 2.70. The molecule has 0 aliphatic heterocycles. The van der Waals surface area contributed by atoms with Gasteiger partial charge in [0.1, 0.15) is 11.3 Å². The molecule has 0 saturated heterocycles. The number of amides is 1. The molecule has 1 amide bonds. The third kappa shape index (κ3) is 3.50. The van der Waals surface area contributed by atoms with Crippen LogP contribution in [0.4, 0.5) is 5.69 Å². The Hall–Kier alpha value is -1.97. The van der Waals surface area contributed by atoms with Gasteiger partial charge in [0.2, 0.25) is 0 Å². The molecule has 0 radical (unpaired) electrons. The zero-order chi connectivity index (χ0) is 14.4. The maximum absolute atomic E-state index is 12.6. The van der Waals surface area contributed by atoms with Gasteiger partial charge < -0.3 is 15.4 Å². The molecule has 0 aliphatic carbocycles. The molecule has 2 N–H and O–H groups in total. The van der Waals surface area contributed by atoms with Gasteiger partial charge in [-0.25, -0.2) is 0 Å². The van der Waals surface area contributed by atoms with Crippen molar-refractivity contribution in [2.45, 2.75) is 26.8 Å². The van der Waals surface area contributed by atoms with Crippen molar-refractivity contribution in [3.05, 3.63) is 36.4 Å². The van der Waals surface area contributed by atoms with Crippen LogP contribution in [-0.4, -0.2) is 30.0 Å². The Morgan fingerprint density at radius 3 is 2.74 bits per heavy atom. The second kappa shape index (κ2) is 6.83. The molecule has 1 aromatic carbocycles. The van der Waals surface area contributed by atoms with Gasteiger partial charge in [-0.3, -0.25) is 4.79 Å². The molecule has 0 heterocycles. The lowest BCUT2D eigenvalue weighted by atomic mass is 10.1. The van der Waals surface area contributed by atoms with Crippen molar-refractivity contribution in [2.75, 3.05) is 18.9 Å². The summed E-state index contributed by atoms with van der Waals surface area (Å²) in [5, 5.41) is 0. The smallest absolute Gasteiger partial charge is 0.260 e. The average molecular weight is 262 g/mol. The topological polar surface area (TPSA) is 55.6 Å². The molecule has 0 unspecified atom stereocenters. The number of nitrogens with zero attached hydrogens (tertiary/aromatic N) is 1. The first-order chi connectivity index (χ1) is 9.02. The second-order valence-corrected chi connectivity index (χ2v) is 4.49. The maximum Gasteiger partial charge on any atom is 0.260 e. The van der Waals surface area contributed by atoms with Crippen LogP contribution in [-0.2, 0) is 0 Å². The van der Waals surface area contributed by atoms with E-state index in [1.165, 1.54) is 0 Å². The van der Waals surface area contributed by atoms with Crippen LogP contribution >= 0.6 is 0 Å². The molecule has 0 spiro atoms. The number of carbonyl (C=O) groups excluding carboxylic acids is 1. The first-order valence-corrected chi connectivity index (χ1v) is 6.46. The number of hydrogen-bond donors (Lipinski definition) is 1. The summed E-state index contributed by atoms with van der Waals surface area (Å²) in [5.41, 5.74) is 6.80. The highest BCUT2D eigenvalue weighted by Gasteiger charge is 2.23. The van der Waals surface area contributed by atoms with Gasteiger partial charge in [0.05, 0.1) is 6.61 Å². The number of hydrogen-bond acceptors (Lipinski definition) is 3. The van der Waals surface area contributed by atoms with Crippen LogP contribution < -0.4 is 10.5 Å².